The van der Waals surface area contributed by atoms with E-state index in [2.05, 4.69) is 4.98 Å². The molecule has 72 valence electrons. The van der Waals surface area contributed by atoms with Gasteiger partial charge < -0.3 is 10.1 Å². The molecule has 0 saturated heterocycles. The van der Waals surface area contributed by atoms with Gasteiger partial charge in [-0.2, -0.15) is 0 Å². The molecule has 4 heteroatoms. The number of imidazole rings is 1. The van der Waals surface area contributed by atoms with Gasteiger partial charge in [0.25, 0.3) is 0 Å². The van der Waals surface area contributed by atoms with E-state index in [9.17, 15) is 0 Å². The van der Waals surface area contributed by atoms with Gasteiger partial charge in [0.1, 0.15) is 0 Å². The molecular formula is C10H12N4. The Balaban J connectivity index is 2.49. The largest absolute Gasteiger partial charge is 0.387 e. The van der Waals surface area contributed by atoms with Crippen LogP contribution in [0.2, 0.25) is 0 Å². The summed E-state index contributed by atoms with van der Waals surface area (Å²) in [4.78, 5) is 4.19. The van der Waals surface area contributed by atoms with Gasteiger partial charge in [-0.25, -0.2) is 4.98 Å². The Morgan fingerprint density at radius 3 is 3.14 bits per heavy atom. The Morgan fingerprint density at radius 2 is 2.43 bits per heavy atom. The van der Waals surface area contributed by atoms with Crippen LogP contribution in [-0.4, -0.2) is 15.2 Å². The van der Waals surface area contributed by atoms with Gasteiger partial charge in [-0.1, -0.05) is 0 Å². The number of amidine groups is 1. The zero-order valence-corrected chi connectivity index (χ0v) is 7.99. The van der Waals surface area contributed by atoms with Crippen LogP contribution in [0.5, 0.6) is 0 Å². The molecule has 0 fully saturated rings. The van der Waals surface area contributed by atoms with Crippen molar-refractivity contribution in [2.24, 2.45) is 5.73 Å². The van der Waals surface area contributed by atoms with Crippen molar-refractivity contribution in [3.8, 4) is 0 Å². The Labute approximate surface area is 81.9 Å². The average Bonchev–Trinajstić information content (AvgIpc) is 2.47. The van der Waals surface area contributed by atoms with Crippen molar-refractivity contribution in [2.75, 3.05) is 0 Å². The van der Waals surface area contributed by atoms with E-state index in [1.54, 1.807) is 6.33 Å². The lowest BCUT2D eigenvalue weighted by Crippen LogP contribution is -2.12. The molecule has 0 atom stereocenters. The summed E-state index contributed by atoms with van der Waals surface area (Å²) < 4.78 is 1.96. The second kappa shape index (κ2) is 3.14. The quantitative estimate of drug-likeness (QED) is 0.547. The van der Waals surface area contributed by atoms with Gasteiger partial charge in [0, 0.05) is 12.6 Å². The zero-order chi connectivity index (χ0) is 10.1. The molecule has 2 heterocycles. The molecule has 0 aliphatic heterocycles. The van der Waals surface area contributed by atoms with E-state index in [1.165, 1.54) is 0 Å². The van der Waals surface area contributed by atoms with Crippen molar-refractivity contribution in [1.29, 1.82) is 5.41 Å². The van der Waals surface area contributed by atoms with Crippen LogP contribution >= 0.6 is 0 Å². The van der Waals surface area contributed by atoms with Crippen molar-refractivity contribution in [3.63, 3.8) is 0 Å². The third-order valence-corrected chi connectivity index (χ3v) is 2.19. The maximum Gasteiger partial charge on any atom is 0.0995 e. The summed E-state index contributed by atoms with van der Waals surface area (Å²) in [5, 5.41) is 7.21. The highest BCUT2D eigenvalue weighted by atomic mass is 15.0. The van der Waals surface area contributed by atoms with E-state index in [4.69, 9.17) is 11.1 Å². The van der Waals surface area contributed by atoms with Crippen LogP contribution in [-0.2, 0) is 6.42 Å². The first-order valence-electron chi connectivity index (χ1n) is 4.42. The number of rotatable bonds is 2. The van der Waals surface area contributed by atoms with E-state index in [0.717, 1.165) is 16.8 Å². The molecule has 0 aromatic carbocycles. The van der Waals surface area contributed by atoms with E-state index in [0.29, 0.717) is 6.42 Å². The molecule has 0 saturated carbocycles. The molecule has 0 aliphatic rings. The van der Waals surface area contributed by atoms with E-state index < -0.39 is 0 Å². The summed E-state index contributed by atoms with van der Waals surface area (Å²) in [6.07, 6.45) is 4.22. The van der Waals surface area contributed by atoms with Crippen LogP contribution in [0.3, 0.4) is 0 Å². The standard InChI is InChI=1S/C10H12N4/c1-7-9-4-8(5-10(11)12)2-3-14(9)6-13-7/h2-4,6H,5H2,1H3,(H3,11,12). The molecule has 0 spiro atoms. The number of aryl methyl sites for hydroxylation is 1. The molecule has 2 aromatic heterocycles. The van der Waals surface area contributed by atoms with Gasteiger partial charge in [0.2, 0.25) is 0 Å². The number of fused-ring (bicyclic) bond motifs is 1. The number of nitrogens with one attached hydrogen (secondary N) is 1. The highest BCUT2D eigenvalue weighted by molar-refractivity contribution is 5.79. The minimum absolute atomic E-state index is 0.187. The fourth-order valence-corrected chi connectivity index (χ4v) is 1.49. The van der Waals surface area contributed by atoms with Crippen LogP contribution in [0.25, 0.3) is 5.52 Å². The highest BCUT2D eigenvalue weighted by Gasteiger charge is 2.01. The topological polar surface area (TPSA) is 67.2 Å². The van der Waals surface area contributed by atoms with Gasteiger partial charge in [-0.15, -0.1) is 0 Å². The van der Waals surface area contributed by atoms with Gasteiger partial charge in [-0.05, 0) is 24.6 Å². The van der Waals surface area contributed by atoms with E-state index >= 15 is 0 Å². The van der Waals surface area contributed by atoms with Crippen LogP contribution < -0.4 is 5.73 Å². The zero-order valence-electron chi connectivity index (χ0n) is 7.99. The number of hydrogen-bond acceptors (Lipinski definition) is 2. The second-order valence-corrected chi connectivity index (χ2v) is 3.36. The first-order chi connectivity index (χ1) is 6.66. The predicted octanol–water partition coefficient (Wildman–Crippen LogP) is 1.12. The van der Waals surface area contributed by atoms with Gasteiger partial charge in [-0.3, -0.25) is 5.41 Å². The molecule has 2 rings (SSSR count). The van der Waals surface area contributed by atoms with Crippen molar-refractivity contribution in [1.82, 2.24) is 9.38 Å². The first-order valence-corrected chi connectivity index (χ1v) is 4.42. The van der Waals surface area contributed by atoms with Gasteiger partial charge in [0.05, 0.1) is 23.4 Å². The molecule has 0 unspecified atom stereocenters. The van der Waals surface area contributed by atoms with E-state index in [-0.39, 0.29) is 5.84 Å². The Morgan fingerprint density at radius 1 is 1.64 bits per heavy atom. The lowest BCUT2D eigenvalue weighted by atomic mass is 10.1. The van der Waals surface area contributed by atoms with Crippen LogP contribution in [0.15, 0.2) is 24.7 Å². The lowest BCUT2D eigenvalue weighted by Gasteiger charge is -2.00. The van der Waals surface area contributed by atoms with Crippen LogP contribution in [0.1, 0.15) is 11.3 Å². The van der Waals surface area contributed by atoms with Crippen LogP contribution in [0, 0.1) is 12.3 Å². The molecule has 0 bridgehead atoms. The third-order valence-electron chi connectivity index (χ3n) is 2.19. The van der Waals surface area contributed by atoms with Crippen molar-refractivity contribution >= 4 is 11.4 Å². The number of hydrogen-bond donors (Lipinski definition) is 2. The molecule has 4 nitrogen and oxygen atoms in total. The highest BCUT2D eigenvalue weighted by Crippen LogP contribution is 2.11. The minimum Gasteiger partial charge on any atom is -0.387 e. The average molecular weight is 188 g/mol. The monoisotopic (exact) mass is 188 g/mol. The number of aromatic nitrogens is 2. The van der Waals surface area contributed by atoms with Gasteiger partial charge in [0.15, 0.2) is 0 Å². The summed E-state index contributed by atoms with van der Waals surface area (Å²) in [5.41, 5.74) is 8.46. The molecule has 0 aliphatic carbocycles. The number of pyridine rings is 1. The molecule has 0 radical (unpaired) electrons. The number of nitrogens with zero attached hydrogens (tertiary/aromatic N) is 2. The summed E-state index contributed by atoms with van der Waals surface area (Å²) in [6, 6.07) is 3.97. The lowest BCUT2D eigenvalue weighted by molar-refractivity contribution is 1.13. The molecule has 0 amide bonds. The second-order valence-electron chi connectivity index (χ2n) is 3.36. The Bertz CT molecular complexity index is 484. The van der Waals surface area contributed by atoms with Crippen molar-refractivity contribution < 1.29 is 0 Å². The van der Waals surface area contributed by atoms with E-state index in [1.807, 2.05) is 29.7 Å². The maximum atomic E-state index is 7.21. The molecular weight excluding hydrogens is 176 g/mol. The van der Waals surface area contributed by atoms with Crippen molar-refractivity contribution in [2.45, 2.75) is 13.3 Å². The minimum atomic E-state index is 0.187. The predicted molar refractivity (Wildman–Crippen MR) is 55.5 cm³/mol. The van der Waals surface area contributed by atoms with Crippen molar-refractivity contribution in [3.05, 3.63) is 35.9 Å². The Kier molecular flexibility index (Phi) is 1.96. The summed E-state index contributed by atoms with van der Waals surface area (Å²) >= 11 is 0. The molecule has 14 heavy (non-hydrogen) atoms. The Hall–Kier alpha value is -1.84. The fourth-order valence-electron chi connectivity index (χ4n) is 1.49. The summed E-state index contributed by atoms with van der Waals surface area (Å²) in [5.74, 6) is 0.187. The fraction of sp³-hybridized carbons (Fsp3) is 0.200. The molecule has 3 N–H and O–H groups in total. The van der Waals surface area contributed by atoms with Gasteiger partial charge >= 0.3 is 0 Å². The smallest absolute Gasteiger partial charge is 0.0995 e. The normalized spacial score (nSPS) is 10.6. The number of nitrogens with two attached hydrogens (primary N) is 1. The first kappa shape index (κ1) is 8.74. The maximum absolute atomic E-state index is 7.21. The SMILES string of the molecule is Cc1ncn2ccc(CC(=N)N)cc12. The van der Waals surface area contributed by atoms with Crippen LogP contribution in [0.4, 0.5) is 0 Å². The summed E-state index contributed by atoms with van der Waals surface area (Å²) in [7, 11) is 0. The summed E-state index contributed by atoms with van der Waals surface area (Å²) in [6.45, 7) is 1.97. The molecule has 2 aromatic rings. The third kappa shape index (κ3) is 1.46.